The summed E-state index contributed by atoms with van der Waals surface area (Å²) in [6.07, 6.45) is 0.0480. The van der Waals surface area contributed by atoms with Gasteiger partial charge in [-0.15, -0.1) is 0 Å². The van der Waals surface area contributed by atoms with Crippen molar-refractivity contribution in [3.05, 3.63) is 65.7 Å². The van der Waals surface area contributed by atoms with Gasteiger partial charge in [-0.05, 0) is 43.0 Å². The van der Waals surface area contributed by atoms with E-state index in [2.05, 4.69) is 5.32 Å². The van der Waals surface area contributed by atoms with E-state index in [1.807, 2.05) is 51.1 Å². The van der Waals surface area contributed by atoms with Gasteiger partial charge in [0.25, 0.3) is 0 Å². The van der Waals surface area contributed by atoms with E-state index in [-0.39, 0.29) is 30.8 Å². The van der Waals surface area contributed by atoms with Crippen molar-refractivity contribution in [2.45, 2.75) is 51.7 Å². The lowest BCUT2D eigenvalue weighted by Gasteiger charge is -2.21. The summed E-state index contributed by atoms with van der Waals surface area (Å²) < 4.78 is 5.60. The number of carbonyl (C=O) groups is 2. The van der Waals surface area contributed by atoms with Crippen LogP contribution in [0.25, 0.3) is 0 Å². The first kappa shape index (κ1) is 20.5. The minimum Gasteiger partial charge on any atom is -0.550 e. The molecule has 2 aromatic carbocycles. The van der Waals surface area contributed by atoms with Crippen LogP contribution in [0.2, 0.25) is 0 Å². The molecule has 0 bridgehead atoms. The van der Waals surface area contributed by atoms with Crippen molar-refractivity contribution in [3.63, 3.8) is 0 Å². The van der Waals surface area contributed by atoms with Crippen LogP contribution in [0.1, 0.15) is 56.7 Å². The molecule has 5 heteroatoms. The average molecular weight is 368 g/mol. The summed E-state index contributed by atoms with van der Waals surface area (Å²) in [5.74, 6) is -0.666. The molecule has 2 atom stereocenters. The largest absolute Gasteiger partial charge is 0.550 e. The number of ether oxygens (including phenoxy) is 1. The lowest BCUT2D eigenvalue weighted by atomic mass is 9.97. The van der Waals surface area contributed by atoms with Crippen molar-refractivity contribution in [2.24, 2.45) is 0 Å². The predicted molar refractivity (Wildman–Crippen MR) is 102 cm³/mol. The summed E-state index contributed by atoms with van der Waals surface area (Å²) in [7, 11) is 0. The standard InChI is InChI=1S/C22H27NO4/c1-15(2)27-19-11-9-18(10-12-19)20(14-22(25)26)23-21(24)13-16(3)17-7-5-4-6-8-17/h4-12,15-16,20H,13-14H2,1-3H3,(H,23,24)(H,25,26)/p-1/t16-,20+/m0/s1. The molecular weight excluding hydrogens is 342 g/mol. The van der Waals surface area contributed by atoms with Gasteiger partial charge in [-0.25, -0.2) is 0 Å². The highest BCUT2D eigenvalue weighted by atomic mass is 16.5. The summed E-state index contributed by atoms with van der Waals surface area (Å²) in [5.41, 5.74) is 1.77. The van der Waals surface area contributed by atoms with Gasteiger partial charge in [0.15, 0.2) is 0 Å². The van der Waals surface area contributed by atoms with Crippen LogP contribution >= 0.6 is 0 Å². The molecule has 0 unspecified atom stereocenters. The number of carboxylic acids is 1. The smallest absolute Gasteiger partial charge is 0.221 e. The molecule has 0 aromatic heterocycles. The Hall–Kier alpha value is -2.82. The first-order valence-corrected chi connectivity index (χ1v) is 9.16. The fraction of sp³-hybridized carbons (Fsp3) is 0.364. The zero-order valence-electron chi connectivity index (χ0n) is 16.0. The topological polar surface area (TPSA) is 78.5 Å². The van der Waals surface area contributed by atoms with E-state index < -0.39 is 12.0 Å². The van der Waals surface area contributed by atoms with Gasteiger partial charge in [0.1, 0.15) is 5.75 Å². The first-order valence-electron chi connectivity index (χ1n) is 9.16. The van der Waals surface area contributed by atoms with Gasteiger partial charge < -0.3 is 20.0 Å². The predicted octanol–water partition coefficient (Wildman–Crippen LogP) is 2.96. The van der Waals surface area contributed by atoms with Crippen molar-refractivity contribution >= 4 is 11.9 Å². The number of rotatable bonds is 9. The maximum Gasteiger partial charge on any atom is 0.221 e. The second-order valence-electron chi connectivity index (χ2n) is 6.95. The van der Waals surface area contributed by atoms with E-state index in [0.717, 1.165) is 5.56 Å². The SMILES string of the molecule is CC(C)Oc1ccc([C@@H](CC(=O)[O-])NC(=O)C[C@H](C)c2ccccc2)cc1. The van der Waals surface area contributed by atoms with Gasteiger partial charge in [-0.3, -0.25) is 4.79 Å². The number of hydrogen-bond donors (Lipinski definition) is 1. The number of carbonyl (C=O) groups excluding carboxylic acids is 2. The van der Waals surface area contributed by atoms with Crippen LogP contribution in [0, 0.1) is 0 Å². The molecule has 5 nitrogen and oxygen atoms in total. The van der Waals surface area contributed by atoms with Gasteiger partial charge in [-0.2, -0.15) is 0 Å². The van der Waals surface area contributed by atoms with Crippen molar-refractivity contribution in [2.75, 3.05) is 0 Å². The molecule has 0 aliphatic carbocycles. The molecule has 0 saturated heterocycles. The lowest BCUT2D eigenvalue weighted by molar-refractivity contribution is -0.306. The van der Waals surface area contributed by atoms with Gasteiger partial charge in [0.2, 0.25) is 5.91 Å². The zero-order valence-corrected chi connectivity index (χ0v) is 16.0. The van der Waals surface area contributed by atoms with Crippen LogP contribution in [-0.2, 0) is 9.59 Å². The number of benzene rings is 2. The Morgan fingerprint density at radius 2 is 1.56 bits per heavy atom. The maximum absolute atomic E-state index is 12.5. The molecule has 2 rings (SSSR count). The highest BCUT2D eigenvalue weighted by Gasteiger charge is 2.18. The number of hydrogen-bond acceptors (Lipinski definition) is 4. The molecule has 0 aliphatic rings. The fourth-order valence-electron chi connectivity index (χ4n) is 2.90. The molecule has 27 heavy (non-hydrogen) atoms. The molecule has 1 N–H and O–H groups in total. The summed E-state index contributed by atoms with van der Waals surface area (Å²) in [6.45, 7) is 5.84. The quantitative estimate of drug-likeness (QED) is 0.738. The van der Waals surface area contributed by atoms with E-state index >= 15 is 0 Å². The Balaban J connectivity index is 2.05. The minimum atomic E-state index is -1.21. The number of amides is 1. The molecular formula is C22H26NO4-. The van der Waals surface area contributed by atoms with Gasteiger partial charge in [0.05, 0.1) is 12.1 Å². The molecule has 0 heterocycles. The minimum absolute atomic E-state index is 0.0385. The third-order valence-corrected chi connectivity index (χ3v) is 4.22. The lowest BCUT2D eigenvalue weighted by Crippen LogP contribution is -2.34. The molecule has 0 radical (unpaired) electrons. The van der Waals surface area contributed by atoms with Crippen molar-refractivity contribution < 1.29 is 19.4 Å². The molecule has 0 fully saturated rings. The van der Waals surface area contributed by atoms with Crippen molar-refractivity contribution in [1.82, 2.24) is 5.32 Å². The Labute approximate surface area is 160 Å². The summed E-state index contributed by atoms with van der Waals surface area (Å²) in [5, 5.41) is 14.0. The summed E-state index contributed by atoms with van der Waals surface area (Å²) in [4.78, 5) is 23.6. The summed E-state index contributed by atoms with van der Waals surface area (Å²) in [6, 6.07) is 16.2. The molecule has 0 saturated carbocycles. The average Bonchev–Trinajstić information content (AvgIpc) is 2.61. The number of carboxylic acid groups (broad SMARTS) is 1. The third kappa shape index (κ3) is 6.77. The van der Waals surface area contributed by atoms with E-state index in [1.54, 1.807) is 24.3 Å². The zero-order chi connectivity index (χ0) is 19.8. The van der Waals surface area contributed by atoms with Gasteiger partial charge >= 0.3 is 0 Å². The van der Waals surface area contributed by atoms with E-state index in [4.69, 9.17) is 4.74 Å². The fourth-order valence-corrected chi connectivity index (χ4v) is 2.90. The van der Waals surface area contributed by atoms with Crippen LogP contribution < -0.4 is 15.2 Å². The van der Waals surface area contributed by atoms with E-state index in [0.29, 0.717) is 11.3 Å². The van der Waals surface area contributed by atoms with Crippen LogP contribution in [0.3, 0.4) is 0 Å². The number of nitrogens with one attached hydrogen (secondary N) is 1. The second-order valence-corrected chi connectivity index (χ2v) is 6.95. The highest BCUT2D eigenvalue weighted by Crippen LogP contribution is 2.23. The highest BCUT2D eigenvalue weighted by molar-refractivity contribution is 5.78. The Morgan fingerprint density at radius 3 is 2.11 bits per heavy atom. The third-order valence-electron chi connectivity index (χ3n) is 4.22. The maximum atomic E-state index is 12.5. The van der Waals surface area contributed by atoms with E-state index in [9.17, 15) is 14.7 Å². The normalized spacial score (nSPS) is 13.0. The molecule has 1 amide bonds. The molecule has 2 aromatic rings. The van der Waals surface area contributed by atoms with Crippen molar-refractivity contribution in [1.29, 1.82) is 0 Å². The van der Waals surface area contributed by atoms with Crippen LogP contribution in [0.15, 0.2) is 54.6 Å². The van der Waals surface area contributed by atoms with Crippen LogP contribution in [0.5, 0.6) is 5.75 Å². The monoisotopic (exact) mass is 368 g/mol. The second kappa shape index (κ2) is 9.76. The first-order chi connectivity index (χ1) is 12.8. The number of aliphatic carboxylic acids is 1. The van der Waals surface area contributed by atoms with Gasteiger partial charge in [0, 0.05) is 18.8 Å². The Morgan fingerprint density at radius 1 is 0.926 bits per heavy atom. The van der Waals surface area contributed by atoms with Crippen LogP contribution in [0.4, 0.5) is 0 Å². The Kier molecular flexibility index (Phi) is 7.41. The Bertz CT molecular complexity index is 741. The molecule has 144 valence electrons. The molecule has 0 aliphatic heterocycles. The van der Waals surface area contributed by atoms with Gasteiger partial charge in [-0.1, -0.05) is 49.4 Å². The van der Waals surface area contributed by atoms with Crippen LogP contribution in [-0.4, -0.2) is 18.0 Å². The molecule has 0 spiro atoms. The van der Waals surface area contributed by atoms with E-state index in [1.165, 1.54) is 0 Å². The summed E-state index contributed by atoms with van der Waals surface area (Å²) >= 11 is 0. The van der Waals surface area contributed by atoms with Crippen molar-refractivity contribution in [3.8, 4) is 5.75 Å².